The van der Waals surface area contributed by atoms with Gasteiger partial charge in [-0.05, 0) is 36.6 Å². The van der Waals surface area contributed by atoms with E-state index in [0.29, 0.717) is 31.0 Å². The van der Waals surface area contributed by atoms with Gasteiger partial charge >= 0.3 is 0 Å². The lowest BCUT2D eigenvalue weighted by molar-refractivity contribution is 0.119. The monoisotopic (exact) mass is 372 g/mol. The summed E-state index contributed by atoms with van der Waals surface area (Å²) >= 11 is 0. The zero-order chi connectivity index (χ0) is 18.1. The van der Waals surface area contributed by atoms with Crippen LogP contribution in [0.5, 0.6) is 0 Å². The van der Waals surface area contributed by atoms with Crippen molar-refractivity contribution in [3.63, 3.8) is 0 Å². The zero-order valence-electron chi connectivity index (χ0n) is 14.9. The third-order valence-corrected chi connectivity index (χ3v) is 7.37. The second-order valence-electron chi connectivity index (χ2n) is 6.79. The first kappa shape index (κ1) is 17.5. The molecule has 7 heteroatoms. The number of allylic oxidation sites excluding steroid dienone is 1. The van der Waals surface area contributed by atoms with Gasteiger partial charge in [0.15, 0.2) is 0 Å². The van der Waals surface area contributed by atoms with E-state index >= 15 is 0 Å². The molecule has 2 aromatic rings. The van der Waals surface area contributed by atoms with Crippen LogP contribution in [-0.4, -0.2) is 53.8 Å². The first-order chi connectivity index (χ1) is 12.6. The molecule has 1 aliphatic carbocycles. The number of likely N-dealkylation sites (N-methyl/N-ethyl adjacent to an activating group) is 1. The number of sulfonamides is 1. The molecule has 1 atom stereocenters. The van der Waals surface area contributed by atoms with Crippen molar-refractivity contribution in [2.45, 2.75) is 25.8 Å². The van der Waals surface area contributed by atoms with E-state index in [9.17, 15) is 8.42 Å². The number of fused-ring (bicyclic) bond motifs is 1. The lowest BCUT2D eigenvalue weighted by atomic mass is 9.98. The summed E-state index contributed by atoms with van der Waals surface area (Å²) < 4.78 is 28.2. The molecule has 1 saturated heterocycles. The fourth-order valence-corrected chi connectivity index (χ4v) is 5.51. The Bertz CT molecular complexity index is 905. The van der Waals surface area contributed by atoms with Crippen LogP contribution in [0.3, 0.4) is 0 Å². The Morgan fingerprint density at radius 2 is 2.08 bits per heavy atom. The summed E-state index contributed by atoms with van der Waals surface area (Å²) in [6, 6.07) is 7.99. The van der Waals surface area contributed by atoms with Crippen LogP contribution in [0.15, 0.2) is 41.6 Å². The van der Waals surface area contributed by atoms with Crippen molar-refractivity contribution in [1.29, 1.82) is 0 Å². The van der Waals surface area contributed by atoms with Crippen molar-refractivity contribution in [3.05, 3.63) is 58.5 Å². The minimum Gasteiger partial charge on any atom is -0.347 e. The van der Waals surface area contributed by atoms with Crippen LogP contribution >= 0.6 is 0 Å². The molecule has 1 N–H and O–H groups in total. The van der Waals surface area contributed by atoms with Crippen molar-refractivity contribution in [2.24, 2.45) is 0 Å². The summed E-state index contributed by atoms with van der Waals surface area (Å²) in [4.78, 5) is 10.3. The van der Waals surface area contributed by atoms with Gasteiger partial charge in [0.05, 0.1) is 10.9 Å². The molecule has 2 aliphatic rings. The van der Waals surface area contributed by atoms with Gasteiger partial charge < -0.3 is 4.98 Å². The number of aryl methyl sites for hydroxylation is 1. The van der Waals surface area contributed by atoms with Gasteiger partial charge in [0.25, 0.3) is 0 Å². The van der Waals surface area contributed by atoms with E-state index in [-0.39, 0.29) is 6.04 Å². The molecule has 0 amide bonds. The molecule has 0 saturated carbocycles. The maximum Gasteiger partial charge on any atom is 0.239 e. The molecule has 0 spiro atoms. The van der Waals surface area contributed by atoms with Crippen LogP contribution in [-0.2, 0) is 16.4 Å². The smallest absolute Gasteiger partial charge is 0.239 e. The minimum atomic E-state index is -3.46. The van der Waals surface area contributed by atoms with Crippen LogP contribution in [0.25, 0.3) is 6.08 Å². The zero-order valence-corrected chi connectivity index (χ0v) is 15.7. The van der Waals surface area contributed by atoms with Gasteiger partial charge in [-0.15, -0.1) is 0 Å². The Balaban J connectivity index is 1.61. The molecule has 0 radical (unpaired) electrons. The average Bonchev–Trinajstić information content (AvgIpc) is 3.21. The van der Waals surface area contributed by atoms with Gasteiger partial charge in [0.2, 0.25) is 10.0 Å². The predicted octanol–water partition coefficient (Wildman–Crippen LogP) is 2.41. The fraction of sp³-hybridized carbons (Fsp3) is 0.421. The Kier molecular flexibility index (Phi) is 4.69. The number of hydrogen-bond acceptors (Lipinski definition) is 4. The third-order valence-electron chi connectivity index (χ3n) is 5.38. The van der Waals surface area contributed by atoms with Gasteiger partial charge in [-0.1, -0.05) is 31.2 Å². The molecule has 26 heavy (non-hydrogen) atoms. The Morgan fingerprint density at radius 3 is 2.85 bits per heavy atom. The second kappa shape index (κ2) is 6.98. The highest BCUT2D eigenvalue weighted by atomic mass is 32.2. The number of H-pyrrole nitrogens is 1. The Morgan fingerprint density at radius 1 is 1.23 bits per heavy atom. The van der Waals surface area contributed by atoms with E-state index in [1.54, 1.807) is 16.7 Å². The molecular weight excluding hydrogens is 348 g/mol. The highest BCUT2D eigenvalue weighted by molar-refractivity contribution is 7.93. The van der Waals surface area contributed by atoms with Gasteiger partial charge in [0.1, 0.15) is 5.82 Å². The van der Waals surface area contributed by atoms with E-state index in [2.05, 4.69) is 27.9 Å². The standard InChI is InChI=1S/C19H24N4O2S/c1-2-22-11-12-23(14-18(22)19-20-9-10-21-19)26(24,25)17-8-7-15-5-3-4-6-16(15)13-17/h3-6,9-10,13,18H,2,7-8,11-12,14H2,1H3,(H,20,21)/t18-/m1/s1. The maximum atomic E-state index is 13.3. The molecule has 0 bridgehead atoms. The number of imidazole rings is 1. The van der Waals surface area contributed by atoms with Gasteiger partial charge in [0, 0.05) is 32.0 Å². The van der Waals surface area contributed by atoms with Crippen molar-refractivity contribution >= 4 is 16.1 Å². The van der Waals surface area contributed by atoms with Gasteiger partial charge in [-0.2, -0.15) is 4.31 Å². The molecule has 0 unspecified atom stereocenters. The summed E-state index contributed by atoms with van der Waals surface area (Å²) in [5, 5.41) is 0. The van der Waals surface area contributed by atoms with Gasteiger partial charge in [-0.25, -0.2) is 13.4 Å². The van der Waals surface area contributed by atoms with E-state index in [0.717, 1.165) is 24.4 Å². The number of piperazine rings is 1. The number of aromatic amines is 1. The molecule has 1 aromatic heterocycles. The van der Waals surface area contributed by atoms with Crippen LogP contribution in [0.1, 0.15) is 36.3 Å². The molecule has 6 nitrogen and oxygen atoms in total. The average molecular weight is 372 g/mol. The highest BCUT2D eigenvalue weighted by Crippen LogP contribution is 2.32. The predicted molar refractivity (Wildman–Crippen MR) is 102 cm³/mol. The van der Waals surface area contributed by atoms with E-state index in [4.69, 9.17) is 0 Å². The SMILES string of the molecule is CCN1CCN(S(=O)(=O)C2=Cc3ccccc3CC2)C[C@@H]1c1ncc[nH]1. The largest absolute Gasteiger partial charge is 0.347 e. The number of rotatable bonds is 4. The number of benzene rings is 1. The van der Waals surface area contributed by atoms with Crippen molar-refractivity contribution < 1.29 is 8.42 Å². The number of hydrogen-bond donors (Lipinski definition) is 1. The summed E-state index contributed by atoms with van der Waals surface area (Å²) in [5.74, 6) is 0.828. The summed E-state index contributed by atoms with van der Waals surface area (Å²) in [5.41, 5.74) is 2.24. The minimum absolute atomic E-state index is 0.0324. The maximum absolute atomic E-state index is 13.3. The molecule has 1 aliphatic heterocycles. The van der Waals surface area contributed by atoms with E-state index in [1.165, 1.54) is 5.56 Å². The molecule has 2 heterocycles. The summed E-state index contributed by atoms with van der Waals surface area (Å²) in [7, 11) is -3.46. The first-order valence-electron chi connectivity index (χ1n) is 9.11. The fourth-order valence-electron chi connectivity index (χ4n) is 3.89. The molecular formula is C19H24N4O2S. The van der Waals surface area contributed by atoms with Crippen molar-refractivity contribution in [1.82, 2.24) is 19.2 Å². The quantitative estimate of drug-likeness (QED) is 0.895. The van der Waals surface area contributed by atoms with Crippen molar-refractivity contribution in [3.8, 4) is 0 Å². The summed E-state index contributed by atoms with van der Waals surface area (Å²) in [6.07, 6.45) is 6.70. The Labute approximate surface area is 154 Å². The number of nitrogens with one attached hydrogen (secondary N) is 1. The van der Waals surface area contributed by atoms with Crippen molar-refractivity contribution in [2.75, 3.05) is 26.2 Å². The lowest BCUT2D eigenvalue weighted by Gasteiger charge is -2.39. The normalized spacial score (nSPS) is 22.0. The number of aromatic nitrogens is 2. The topological polar surface area (TPSA) is 69.3 Å². The molecule has 1 fully saturated rings. The highest BCUT2D eigenvalue weighted by Gasteiger charge is 2.36. The van der Waals surface area contributed by atoms with E-state index in [1.807, 2.05) is 24.3 Å². The van der Waals surface area contributed by atoms with Crippen LogP contribution in [0, 0.1) is 0 Å². The van der Waals surface area contributed by atoms with Crippen LogP contribution in [0.2, 0.25) is 0 Å². The van der Waals surface area contributed by atoms with Crippen LogP contribution < -0.4 is 0 Å². The molecule has 4 rings (SSSR count). The second-order valence-corrected chi connectivity index (χ2v) is 8.78. The third kappa shape index (κ3) is 3.11. The van der Waals surface area contributed by atoms with Gasteiger partial charge in [-0.3, -0.25) is 4.90 Å². The molecule has 138 valence electrons. The molecule has 1 aromatic carbocycles. The summed E-state index contributed by atoms with van der Waals surface area (Å²) in [6.45, 7) is 4.63. The van der Waals surface area contributed by atoms with E-state index < -0.39 is 10.0 Å². The Hall–Kier alpha value is -1.96. The number of nitrogens with zero attached hydrogens (tertiary/aromatic N) is 3. The first-order valence-corrected chi connectivity index (χ1v) is 10.6. The lowest BCUT2D eigenvalue weighted by Crippen LogP contribution is -2.50. The van der Waals surface area contributed by atoms with Crippen LogP contribution in [0.4, 0.5) is 0 Å².